The minimum absolute atomic E-state index is 0.0797. The first-order chi connectivity index (χ1) is 13.0. The second-order valence-electron chi connectivity index (χ2n) is 8.41. The van der Waals surface area contributed by atoms with Gasteiger partial charge in [-0.25, -0.2) is 0 Å². The van der Waals surface area contributed by atoms with Crippen molar-refractivity contribution in [1.82, 2.24) is 0 Å². The monoisotopic (exact) mass is 380 g/mol. The molecule has 1 rings (SSSR count). The number of esters is 1. The summed E-state index contributed by atoms with van der Waals surface area (Å²) >= 11 is 0. The molecule has 0 spiro atoms. The first kappa shape index (κ1) is 23.7. The minimum atomic E-state index is -0.900. The van der Waals surface area contributed by atoms with E-state index in [1.807, 2.05) is 19.1 Å². The van der Waals surface area contributed by atoms with Gasteiger partial charge in [0.25, 0.3) is 0 Å². The summed E-state index contributed by atoms with van der Waals surface area (Å²) in [6.45, 7) is 6.59. The molecule has 4 heteroatoms. The van der Waals surface area contributed by atoms with Crippen LogP contribution in [0.3, 0.4) is 0 Å². The number of carboxylic acid groups (broad SMARTS) is 1. The third-order valence-corrected chi connectivity index (χ3v) is 5.60. The summed E-state index contributed by atoms with van der Waals surface area (Å²) in [5, 5.41) is 9.31. The molecule has 0 fully saturated rings. The van der Waals surface area contributed by atoms with E-state index in [1.54, 1.807) is 0 Å². The van der Waals surface area contributed by atoms with Crippen molar-refractivity contribution in [2.45, 2.75) is 104 Å². The fourth-order valence-corrected chi connectivity index (χ4v) is 3.75. The van der Waals surface area contributed by atoms with Gasteiger partial charge in [-0.15, -0.1) is 0 Å². The van der Waals surface area contributed by atoms with Crippen molar-refractivity contribution < 1.29 is 19.4 Å². The maximum Gasteiger partial charge on any atom is 0.310 e. The Morgan fingerprint density at radius 2 is 1.44 bits per heavy atom. The summed E-state index contributed by atoms with van der Waals surface area (Å²) in [5.74, 6) is -1.59. The van der Waals surface area contributed by atoms with Gasteiger partial charge in [-0.2, -0.15) is 0 Å². The van der Waals surface area contributed by atoms with Crippen molar-refractivity contribution in [3.8, 4) is 0 Å². The van der Waals surface area contributed by atoms with Crippen LogP contribution in [0, 0.1) is 17.8 Å². The van der Waals surface area contributed by atoms with Crippen LogP contribution >= 0.6 is 0 Å². The first-order valence-electron chi connectivity index (χ1n) is 11.0. The van der Waals surface area contributed by atoms with Gasteiger partial charge in [0, 0.05) is 0 Å². The summed E-state index contributed by atoms with van der Waals surface area (Å²) in [6, 6.07) is 0. The van der Waals surface area contributed by atoms with Crippen LogP contribution in [0.15, 0.2) is 12.2 Å². The molecule has 0 heterocycles. The summed E-state index contributed by atoms with van der Waals surface area (Å²) in [6.07, 6.45) is 16.4. The average molecular weight is 381 g/mol. The molecule has 0 saturated carbocycles. The molecule has 0 aromatic carbocycles. The number of carbonyl (C=O) groups is 2. The number of rotatable bonds is 14. The normalized spacial score (nSPS) is 20.6. The number of aliphatic carboxylic acids is 1. The lowest BCUT2D eigenvalue weighted by molar-refractivity contribution is -0.162. The van der Waals surface area contributed by atoms with E-state index < -0.39 is 17.8 Å². The number of ether oxygens (including phenoxy) is 1. The van der Waals surface area contributed by atoms with Crippen LogP contribution in [0.2, 0.25) is 0 Å². The van der Waals surface area contributed by atoms with E-state index in [4.69, 9.17) is 4.74 Å². The molecule has 4 nitrogen and oxygen atoms in total. The highest BCUT2D eigenvalue weighted by molar-refractivity contribution is 5.81. The van der Waals surface area contributed by atoms with Gasteiger partial charge in [0.1, 0.15) is 6.10 Å². The molecule has 3 unspecified atom stereocenters. The SMILES string of the molecule is CCC(CCCCCCCCCC(C)C)OC(=O)C1CC=CCC1C(=O)O. The molecular weight excluding hydrogens is 340 g/mol. The number of unbranched alkanes of at least 4 members (excludes halogenated alkanes) is 6. The Morgan fingerprint density at radius 3 is 1.96 bits per heavy atom. The zero-order valence-electron chi connectivity index (χ0n) is 17.6. The summed E-state index contributed by atoms with van der Waals surface area (Å²) in [7, 11) is 0. The molecule has 0 aromatic rings. The molecule has 1 aliphatic carbocycles. The molecule has 3 atom stereocenters. The van der Waals surface area contributed by atoms with Crippen molar-refractivity contribution in [2.24, 2.45) is 17.8 Å². The number of hydrogen-bond donors (Lipinski definition) is 1. The van der Waals surface area contributed by atoms with Crippen LogP contribution in [0.5, 0.6) is 0 Å². The number of carbonyl (C=O) groups excluding carboxylic acids is 1. The lowest BCUT2D eigenvalue weighted by Crippen LogP contribution is -2.34. The highest BCUT2D eigenvalue weighted by atomic mass is 16.5. The average Bonchev–Trinajstić information content (AvgIpc) is 2.65. The van der Waals surface area contributed by atoms with Crippen LogP contribution in [0.25, 0.3) is 0 Å². The highest BCUT2D eigenvalue weighted by Crippen LogP contribution is 2.28. The predicted octanol–water partition coefficient (Wildman–Crippen LogP) is 6.14. The van der Waals surface area contributed by atoms with Crippen LogP contribution in [-0.4, -0.2) is 23.1 Å². The Morgan fingerprint density at radius 1 is 0.926 bits per heavy atom. The second-order valence-corrected chi connectivity index (χ2v) is 8.41. The van der Waals surface area contributed by atoms with E-state index in [2.05, 4.69) is 13.8 Å². The zero-order valence-corrected chi connectivity index (χ0v) is 17.6. The van der Waals surface area contributed by atoms with E-state index in [1.165, 1.54) is 44.9 Å². The lowest BCUT2D eigenvalue weighted by Gasteiger charge is -2.26. The Bertz CT molecular complexity index is 455. The maximum absolute atomic E-state index is 12.4. The molecule has 1 N–H and O–H groups in total. The van der Waals surface area contributed by atoms with Crippen LogP contribution in [0.4, 0.5) is 0 Å². The smallest absolute Gasteiger partial charge is 0.310 e. The van der Waals surface area contributed by atoms with Crippen LogP contribution in [-0.2, 0) is 14.3 Å². The first-order valence-corrected chi connectivity index (χ1v) is 11.0. The Hall–Kier alpha value is -1.32. The zero-order chi connectivity index (χ0) is 20.1. The van der Waals surface area contributed by atoms with E-state index in [-0.39, 0.29) is 12.1 Å². The van der Waals surface area contributed by atoms with E-state index >= 15 is 0 Å². The molecule has 1 aliphatic rings. The van der Waals surface area contributed by atoms with Gasteiger partial charge in [-0.05, 0) is 38.0 Å². The van der Waals surface area contributed by atoms with Crippen molar-refractivity contribution in [2.75, 3.05) is 0 Å². The Kier molecular flexibility index (Phi) is 12.1. The molecule has 27 heavy (non-hydrogen) atoms. The van der Waals surface area contributed by atoms with Gasteiger partial charge < -0.3 is 9.84 Å². The van der Waals surface area contributed by atoms with Crippen molar-refractivity contribution in [3.05, 3.63) is 12.2 Å². The van der Waals surface area contributed by atoms with Crippen LogP contribution in [0.1, 0.15) is 97.8 Å². The molecule has 0 aliphatic heterocycles. The molecule has 0 bridgehead atoms. The Labute approximate surface area is 165 Å². The topological polar surface area (TPSA) is 63.6 Å². The number of allylic oxidation sites excluding steroid dienone is 2. The lowest BCUT2D eigenvalue weighted by atomic mass is 9.83. The number of carboxylic acids is 1. The summed E-state index contributed by atoms with van der Waals surface area (Å²) < 4.78 is 5.67. The van der Waals surface area contributed by atoms with Gasteiger partial charge in [-0.1, -0.05) is 77.9 Å². The largest absolute Gasteiger partial charge is 0.481 e. The van der Waals surface area contributed by atoms with Crippen molar-refractivity contribution in [3.63, 3.8) is 0 Å². The molecule has 0 radical (unpaired) electrons. The third kappa shape index (κ3) is 9.97. The summed E-state index contributed by atoms with van der Waals surface area (Å²) in [5.41, 5.74) is 0. The van der Waals surface area contributed by atoms with E-state index in [0.29, 0.717) is 12.8 Å². The molecular formula is C23H40O4. The quantitative estimate of drug-likeness (QED) is 0.223. The van der Waals surface area contributed by atoms with Crippen LogP contribution < -0.4 is 0 Å². The maximum atomic E-state index is 12.4. The van der Waals surface area contributed by atoms with E-state index in [0.717, 1.165) is 25.2 Å². The molecule has 0 aromatic heterocycles. The van der Waals surface area contributed by atoms with Crippen molar-refractivity contribution >= 4 is 11.9 Å². The van der Waals surface area contributed by atoms with Gasteiger partial charge in [0.15, 0.2) is 0 Å². The molecule has 0 saturated heterocycles. The highest BCUT2D eigenvalue weighted by Gasteiger charge is 2.35. The fraction of sp³-hybridized carbons (Fsp3) is 0.826. The second kappa shape index (κ2) is 13.8. The van der Waals surface area contributed by atoms with Gasteiger partial charge in [-0.3, -0.25) is 9.59 Å². The Balaban J connectivity index is 2.19. The fourth-order valence-electron chi connectivity index (χ4n) is 3.75. The standard InChI is InChI=1S/C23H40O4/c1-4-19(15-11-9-7-5-6-8-10-14-18(2)3)27-23(26)21-17-13-12-16-20(21)22(24)25/h12-13,18-21H,4-11,14-17H2,1-3H3,(H,24,25). The number of hydrogen-bond acceptors (Lipinski definition) is 3. The summed E-state index contributed by atoms with van der Waals surface area (Å²) in [4.78, 5) is 23.8. The molecule has 0 amide bonds. The minimum Gasteiger partial charge on any atom is -0.481 e. The van der Waals surface area contributed by atoms with Gasteiger partial charge in [0.2, 0.25) is 0 Å². The van der Waals surface area contributed by atoms with Gasteiger partial charge in [0.05, 0.1) is 11.8 Å². The molecule has 156 valence electrons. The predicted molar refractivity (Wildman–Crippen MR) is 110 cm³/mol. The van der Waals surface area contributed by atoms with Gasteiger partial charge >= 0.3 is 11.9 Å². The van der Waals surface area contributed by atoms with E-state index in [9.17, 15) is 14.7 Å². The van der Waals surface area contributed by atoms with Crippen molar-refractivity contribution in [1.29, 1.82) is 0 Å². The third-order valence-electron chi connectivity index (χ3n) is 5.60.